The first-order valence-corrected chi connectivity index (χ1v) is 20.3. The van der Waals surface area contributed by atoms with Crippen molar-refractivity contribution in [1.82, 2.24) is 25.3 Å². The monoisotopic (exact) mass is 855 g/mol. The predicted molar refractivity (Wildman–Crippen MR) is 220 cm³/mol. The largest absolute Gasteiger partial charge is 0.448 e. The number of amides is 8. The molecule has 3 aromatic carbocycles. The fourth-order valence-electron chi connectivity index (χ4n) is 6.78. The number of hydrogen-bond donors (Lipinski definition) is 4. The van der Waals surface area contributed by atoms with Gasteiger partial charge in [-0.25, -0.2) is 19.2 Å². The average molecular weight is 856 g/mol. The van der Waals surface area contributed by atoms with E-state index in [0.717, 1.165) is 4.90 Å². The molecule has 0 aliphatic carbocycles. The molecule has 320 valence electrons. The Morgan fingerprint density at radius 3 is 2.05 bits per heavy atom. The van der Waals surface area contributed by atoms with Crippen LogP contribution in [0.2, 0.25) is 0 Å². The summed E-state index contributed by atoms with van der Waals surface area (Å²) in [6.45, 7) is 6.60. The molecule has 8 amide bonds. The van der Waals surface area contributed by atoms with Crippen LogP contribution in [-0.4, -0.2) is 112 Å². The number of fused-ring (bicyclic) bond motifs is 1. The van der Waals surface area contributed by atoms with Gasteiger partial charge < -0.3 is 35.5 Å². The van der Waals surface area contributed by atoms with Crippen LogP contribution < -0.4 is 21.7 Å². The summed E-state index contributed by atoms with van der Waals surface area (Å²) in [5.41, 5.74) is 6.34. The Balaban J connectivity index is 1.25. The first-order valence-electron chi connectivity index (χ1n) is 19.3. The van der Waals surface area contributed by atoms with Crippen molar-refractivity contribution in [1.29, 1.82) is 0 Å². The minimum atomic E-state index is -1.53. The van der Waals surface area contributed by atoms with Gasteiger partial charge in [-0.3, -0.25) is 34.3 Å². The average Bonchev–Trinajstić information content (AvgIpc) is 3.23. The molecule has 18 nitrogen and oxygen atoms in total. The van der Waals surface area contributed by atoms with E-state index in [-0.39, 0.29) is 42.2 Å². The molecule has 3 aromatic rings. The molecule has 61 heavy (non-hydrogen) atoms. The van der Waals surface area contributed by atoms with Crippen molar-refractivity contribution < 1.29 is 52.6 Å². The maximum atomic E-state index is 14.2. The lowest BCUT2D eigenvalue weighted by molar-refractivity contribution is -0.155. The topological polar surface area (TPSA) is 236 Å². The van der Waals surface area contributed by atoms with Gasteiger partial charge in [0, 0.05) is 36.6 Å². The van der Waals surface area contributed by atoms with Gasteiger partial charge in [0.05, 0.1) is 0 Å². The number of β-lactam (4-membered cyclic amide) rings is 1. The zero-order valence-electron chi connectivity index (χ0n) is 33.7. The van der Waals surface area contributed by atoms with Crippen molar-refractivity contribution in [3.8, 4) is 0 Å². The standard InChI is InChI=1S/C42H45N7O11S/c1-5-47-20-21-48(36(53)35(47)52)40(56)46-29(24-16-18-28(19-17-24)44-41(57)60-42(2,3)4)33(50)45-30-34(51)49-31(27(22-58-39(43)55)23-61-37(30)49)38(54)59-32(25-12-8-6-9-13-25)26-14-10-7-11-15-26/h6-19,29-30,32,37H,5,20-23H2,1-4H3,(H2,43,55)(H,44,57)(H,45,50)(H,46,56)/t29-,30+,37-/m0/s1. The van der Waals surface area contributed by atoms with Crippen molar-refractivity contribution in [2.45, 2.75) is 56.9 Å². The third-order valence-corrected chi connectivity index (χ3v) is 11.1. The number of hydrogen-bond acceptors (Lipinski definition) is 12. The van der Waals surface area contributed by atoms with Crippen LogP contribution in [0.25, 0.3) is 0 Å². The van der Waals surface area contributed by atoms with Gasteiger partial charge in [0.2, 0.25) is 5.91 Å². The van der Waals surface area contributed by atoms with Crippen LogP contribution >= 0.6 is 11.8 Å². The maximum Gasteiger partial charge on any atom is 0.412 e. The third kappa shape index (κ3) is 10.1. The fraction of sp³-hybridized carbons (Fsp3) is 0.333. The summed E-state index contributed by atoms with van der Waals surface area (Å²) in [6.07, 6.45) is -2.71. The second-order valence-corrected chi connectivity index (χ2v) is 16.1. The molecule has 3 atom stereocenters. The van der Waals surface area contributed by atoms with E-state index in [9.17, 15) is 38.4 Å². The summed E-state index contributed by atoms with van der Waals surface area (Å²) in [5.74, 6) is -4.34. The Bertz CT molecular complexity index is 2190. The summed E-state index contributed by atoms with van der Waals surface area (Å²) in [6, 6.07) is 20.0. The lowest BCUT2D eigenvalue weighted by atomic mass is 10.00. The van der Waals surface area contributed by atoms with Gasteiger partial charge in [-0.2, -0.15) is 0 Å². The zero-order chi connectivity index (χ0) is 44.0. The number of primary amides is 1. The van der Waals surface area contributed by atoms with Gasteiger partial charge in [0.1, 0.15) is 35.4 Å². The van der Waals surface area contributed by atoms with Crippen LogP contribution in [0.1, 0.15) is 56.5 Å². The molecule has 6 rings (SSSR count). The smallest absolute Gasteiger partial charge is 0.412 e. The number of carbonyl (C=O) groups is 8. The Labute approximate surface area is 355 Å². The summed E-state index contributed by atoms with van der Waals surface area (Å²) in [5, 5.41) is 6.95. The number of nitrogens with two attached hydrogens (primary N) is 1. The van der Waals surface area contributed by atoms with Gasteiger partial charge in [0.25, 0.3) is 5.91 Å². The number of piperazine rings is 1. The highest BCUT2D eigenvalue weighted by molar-refractivity contribution is 8.00. The molecular formula is C42H45N7O11S. The number of anilines is 1. The van der Waals surface area contributed by atoms with Gasteiger partial charge in [0.15, 0.2) is 6.10 Å². The first kappa shape index (κ1) is 43.7. The van der Waals surface area contributed by atoms with Crippen molar-refractivity contribution in [2.75, 3.05) is 37.3 Å². The highest BCUT2D eigenvalue weighted by Gasteiger charge is 2.55. The normalized spacial score (nSPS) is 18.1. The molecule has 2 fully saturated rings. The molecule has 0 spiro atoms. The molecule has 19 heteroatoms. The number of nitrogens with one attached hydrogen (secondary N) is 3. The highest BCUT2D eigenvalue weighted by Crippen LogP contribution is 2.42. The number of ether oxygens (including phenoxy) is 3. The molecule has 0 aromatic heterocycles. The quantitative estimate of drug-likeness (QED) is 0.0886. The summed E-state index contributed by atoms with van der Waals surface area (Å²) in [4.78, 5) is 109. The van der Waals surface area contributed by atoms with Crippen LogP contribution in [0.5, 0.6) is 0 Å². The van der Waals surface area contributed by atoms with Crippen molar-refractivity contribution >= 4 is 65.3 Å². The SMILES string of the molecule is CCN1CCN(C(=O)N[C@H](C(=O)N[C@@H]2C(=O)N3C(C(=O)OC(c4ccccc4)c4ccccc4)=C(COC(N)=O)CS[C@@H]23)c2ccc(NC(=O)OC(C)(C)C)cc2)C(=O)C1=O. The van der Waals surface area contributed by atoms with E-state index in [1.54, 1.807) is 76.2 Å². The van der Waals surface area contributed by atoms with E-state index < -0.39 is 83.6 Å². The molecule has 0 radical (unpaired) electrons. The number of carbonyl (C=O) groups excluding carboxylic acids is 8. The van der Waals surface area contributed by atoms with Crippen molar-refractivity contribution in [2.24, 2.45) is 5.73 Å². The molecule has 3 heterocycles. The Kier molecular flexibility index (Phi) is 13.3. The summed E-state index contributed by atoms with van der Waals surface area (Å²) in [7, 11) is 0. The maximum absolute atomic E-state index is 14.2. The Morgan fingerprint density at radius 1 is 0.852 bits per heavy atom. The van der Waals surface area contributed by atoms with E-state index in [4.69, 9.17) is 19.9 Å². The number of thioether (sulfide) groups is 1. The van der Waals surface area contributed by atoms with Crippen molar-refractivity contribution in [3.63, 3.8) is 0 Å². The van der Waals surface area contributed by atoms with E-state index in [2.05, 4.69) is 16.0 Å². The number of esters is 1. The Hall–Kier alpha value is -6.89. The molecule has 0 bridgehead atoms. The second kappa shape index (κ2) is 18.6. The minimum absolute atomic E-state index is 0.0754. The second-order valence-electron chi connectivity index (χ2n) is 15.0. The van der Waals surface area contributed by atoms with Gasteiger partial charge in [-0.15, -0.1) is 11.8 Å². The van der Waals surface area contributed by atoms with Gasteiger partial charge >= 0.3 is 36.0 Å². The van der Waals surface area contributed by atoms with E-state index in [1.807, 2.05) is 12.1 Å². The van der Waals surface area contributed by atoms with E-state index in [1.165, 1.54) is 40.9 Å². The van der Waals surface area contributed by atoms with Crippen LogP contribution in [0.4, 0.5) is 20.1 Å². The molecule has 3 aliphatic rings. The molecule has 0 saturated carbocycles. The van der Waals surface area contributed by atoms with Crippen molar-refractivity contribution in [3.05, 3.63) is 113 Å². The number of likely N-dealkylation sites (N-methyl/N-ethyl adjacent to an activating group) is 1. The molecular weight excluding hydrogens is 811 g/mol. The first-order chi connectivity index (χ1) is 29.1. The molecule has 0 unspecified atom stereocenters. The van der Waals surface area contributed by atoms with Gasteiger partial charge in [-0.1, -0.05) is 72.8 Å². The van der Waals surface area contributed by atoms with Crippen LogP contribution in [0.3, 0.4) is 0 Å². The molecule has 5 N–H and O–H groups in total. The highest BCUT2D eigenvalue weighted by atomic mass is 32.2. The van der Waals surface area contributed by atoms with Crippen LogP contribution in [0, 0.1) is 0 Å². The lowest BCUT2D eigenvalue weighted by Crippen LogP contribution is -2.71. The minimum Gasteiger partial charge on any atom is -0.448 e. The fourth-order valence-corrected chi connectivity index (χ4v) is 8.10. The summed E-state index contributed by atoms with van der Waals surface area (Å²) >= 11 is 1.18. The number of rotatable bonds is 12. The number of nitrogens with zero attached hydrogens (tertiary/aromatic N) is 3. The third-order valence-electron chi connectivity index (χ3n) is 9.71. The lowest BCUT2D eigenvalue weighted by Gasteiger charge is -2.50. The van der Waals surface area contributed by atoms with E-state index in [0.29, 0.717) is 21.7 Å². The number of imide groups is 1. The summed E-state index contributed by atoms with van der Waals surface area (Å²) < 4.78 is 16.4. The number of urea groups is 1. The van der Waals surface area contributed by atoms with Crippen LogP contribution in [-0.2, 0) is 38.2 Å². The van der Waals surface area contributed by atoms with Crippen LogP contribution in [0.15, 0.2) is 96.2 Å². The van der Waals surface area contributed by atoms with Gasteiger partial charge in [-0.05, 0) is 56.5 Å². The van der Waals surface area contributed by atoms with E-state index >= 15 is 0 Å². The zero-order valence-corrected chi connectivity index (χ0v) is 34.6. The Morgan fingerprint density at radius 2 is 1.48 bits per heavy atom. The molecule has 3 aliphatic heterocycles. The molecule has 2 saturated heterocycles. The number of benzene rings is 3. The predicted octanol–water partition coefficient (Wildman–Crippen LogP) is 3.56.